The molecule has 1 fully saturated rings. The van der Waals surface area contributed by atoms with Crippen LogP contribution >= 0.6 is 0 Å². The van der Waals surface area contributed by atoms with Crippen LogP contribution < -0.4 is 11.1 Å². The predicted octanol–water partition coefficient (Wildman–Crippen LogP) is 1.97. The van der Waals surface area contributed by atoms with Crippen molar-refractivity contribution in [3.63, 3.8) is 0 Å². The van der Waals surface area contributed by atoms with Crippen molar-refractivity contribution < 1.29 is 0 Å². The van der Waals surface area contributed by atoms with Gasteiger partial charge in [-0.2, -0.15) is 0 Å². The molecule has 1 saturated carbocycles. The minimum Gasteiger partial charge on any atom is -0.383 e. The summed E-state index contributed by atoms with van der Waals surface area (Å²) < 4.78 is 0. The van der Waals surface area contributed by atoms with E-state index in [9.17, 15) is 0 Å². The first kappa shape index (κ1) is 10.2. The van der Waals surface area contributed by atoms with Gasteiger partial charge in [-0.25, -0.2) is 9.97 Å². The van der Waals surface area contributed by atoms with Crippen molar-refractivity contribution >= 4 is 11.6 Å². The van der Waals surface area contributed by atoms with E-state index >= 15 is 0 Å². The highest BCUT2D eigenvalue weighted by Gasteiger charge is 2.23. The minimum atomic E-state index is 0.540. The number of nitrogen functional groups attached to an aromatic ring is 1. The molecule has 0 spiro atoms. The summed E-state index contributed by atoms with van der Waals surface area (Å²) in [7, 11) is 0. The Morgan fingerprint density at radius 3 is 2.87 bits per heavy atom. The molecule has 1 aliphatic carbocycles. The summed E-state index contributed by atoms with van der Waals surface area (Å²) in [6.07, 6.45) is 5.35. The first-order valence-corrected chi connectivity index (χ1v) is 5.52. The van der Waals surface area contributed by atoms with E-state index in [2.05, 4.69) is 22.2 Å². The van der Waals surface area contributed by atoms with Crippen molar-refractivity contribution in [1.82, 2.24) is 9.97 Å². The van der Waals surface area contributed by atoms with Gasteiger partial charge in [0, 0.05) is 11.6 Å². The number of nitrogens with one attached hydrogen (secondary N) is 1. The van der Waals surface area contributed by atoms with E-state index in [-0.39, 0.29) is 0 Å². The molecule has 0 saturated heterocycles. The monoisotopic (exact) mass is 206 g/mol. The van der Waals surface area contributed by atoms with Crippen LogP contribution in [0.5, 0.6) is 0 Å². The first-order valence-electron chi connectivity index (χ1n) is 5.52. The van der Waals surface area contributed by atoms with Crippen LogP contribution in [0.25, 0.3) is 0 Å². The van der Waals surface area contributed by atoms with Crippen LogP contribution in [-0.2, 0) is 0 Å². The molecule has 4 heteroatoms. The Labute approximate surface area is 90.3 Å². The molecular weight excluding hydrogens is 188 g/mol. The van der Waals surface area contributed by atoms with Gasteiger partial charge in [-0.05, 0) is 25.7 Å². The minimum absolute atomic E-state index is 0.540. The molecule has 1 aromatic rings. The summed E-state index contributed by atoms with van der Waals surface area (Å²) in [5.41, 5.74) is 6.69. The number of rotatable bonds is 2. The zero-order valence-corrected chi connectivity index (χ0v) is 9.33. The molecule has 4 nitrogen and oxygen atoms in total. The fraction of sp³-hybridized carbons (Fsp3) is 0.636. The second-order valence-corrected chi connectivity index (χ2v) is 4.39. The van der Waals surface area contributed by atoms with Gasteiger partial charge in [-0.3, -0.25) is 0 Å². The molecule has 1 aliphatic rings. The molecule has 15 heavy (non-hydrogen) atoms. The van der Waals surface area contributed by atoms with E-state index in [0.29, 0.717) is 11.9 Å². The quantitative estimate of drug-likeness (QED) is 0.776. The van der Waals surface area contributed by atoms with Crippen LogP contribution in [0.2, 0.25) is 0 Å². The summed E-state index contributed by atoms with van der Waals surface area (Å²) in [6, 6.07) is 0.540. The average Bonchev–Trinajstić information content (AvgIpc) is 2.60. The number of anilines is 2. The molecule has 82 valence electrons. The van der Waals surface area contributed by atoms with Gasteiger partial charge in [-0.1, -0.05) is 13.3 Å². The maximum Gasteiger partial charge on any atom is 0.134 e. The number of hydrogen-bond acceptors (Lipinski definition) is 4. The number of aromatic nitrogens is 2. The zero-order chi connectivity index (χ0) is 10.8. The van der Waals surface area contributed by atoms with Gasteiger partial charge in [0.15, 0.2) is 0 Å². The Morgan fingerprint density at radius 2 is 2.20 bits per heavy atom. The van der Waals surface area contributed by atoms with E-state index in [1.54, 1.807) is 0 Å². The Morgan fingerprint density at radius 1 is 1.40 bits per heavy atom. The lowest BCUT2D eigenvalue weighted by atomic mass is 10.1. The fourth-order valence-electron chi connectivity index (χ4n) is 2.14. The normalized spacial score (nSPS) is 25.5. The Balaban J connectivity index is 2.13. The van der Waals surface area contributed by atoms with Crippen molar-refractivity contribution in [2.24, 2.45) is 5.92 Å². The van der Waals surface area contributed by atoms with E-state index in [4.69, 9.17) is 5.73 Å². The molecule has 0 amide bonds. The Bertz CT molecular complexity index is 350. The second-order valence-electron chi connectivity index (χ2n) is 4.39. The molecule has 3 N–H and O–H groups in total. The summed E-state index contributed by atoms with van der Waals surface area (Å²) in [4.78, 5) is 8.19. The van der Waals surface area contributed by atoms with Gasteiger partial charge in [-0.15, -0.1) is 0 Å². The van der Waals surface area contributed by atoms with Crippen molar-refractivity contribution in [1.29, 1.82) is 0 Å². The van der Waals surface area contributed by atoms with Crippen LogP contribution in [0.15, 0.2) is 6.33 Å². The lowest BCUT2D eigenvalue weighted by Crippen LogP contribution is -2.23. The number of nitrogens with zero attached hydrogens (tertiary/aromatic N) is 2. The van der Waals surface area contributed by atoms with Gasteiger partial charge < -0.3 is 11.1 Å². The van der Waals surface area contributed by atoms with Gasteiger partial charge in [0.2, 0.25) is 0 Å². The molecule has 2 rings (SSSR count). The largest absolute Gasteiger partial charge is 0.383 e. The zero-order valence-electron chi connectivity index (χ0n) is 9.33. The highest BCUT2D eigenvalue weighted by molar-refractivity contribution is 5.54. The van der Waals surface area contributed by atoms with Crippen LogP contribution in [0, 0.1) is 12.8 Å². The molecule has 2 unspecified atom stereocenters. The highest BCUT2D eigenvalue weighted by atomic mass is 15.1. The van der Waals surface area contributed by atoms with Gasteiger partial charge in [0.25, 0.3) is 0 Å². The predicted molar refractivity (Wildman–Crippen MR) is 61.6 cm³/mol. The van der Waals surface area contributed by atoms with Crippen LogP contribution in [0.1, 0.15) is 31.7 Å². The van der Waals surface area contributed by atoms with E-state index < -0.39 is 0 Å². The number of nitrogens with two attached hydrogens (primary N) is 1. The molecule has 2 atom stereocenters. The number of hydrogen-bond donors (Lipinski definition) is 2. The molecule has 0 radical (unpaired) electrons. The third-order valence-corrected chi connectivity index (χ3v) is 3.31. The highest BCUT2D eigenvalue weighted by Crippen LogP contribution is 2.28. The summed E-state index contributed by atoms with van der Waals surface area (Å²) >= 11 is 0. The fourth-order valence-corrected chi connectivity index (χ4v) is 2.14. The van der Waals surface area contributed by atoms with Crippen molar-refractivity contribution in [2.75, 3.05) is 11.1 Å². The van der Waals surface area contributed by atoms with E-state index in [0.717, 1.165) is 17.3 Å². The van der Waals surface area contributed by atoms with Crippen molar-refractivity contribution in [2.45, 2.75) is 39.2 Å². The lowest BCUT2D eigenvalue weighted by Gasteiger charge is -2.19. The summed E-state index contributed by atoms with van der Waals surface area (Å²) in [5, 5.41) is 3.47. The molecular formula is C11H18N4. The van der Waals surface area contributed by atoms with Gasteiger partial charge in [0.1, 0.15) is 18.0 Å². The topological polar surface area (TPSA) is 63.8 Å². The second kappa shape index (κ2) is 4.04. The first-order chi connectivity index (χ1) is 7.18. The Hall–Kier alpha value is -1.32. The Kier molecular flexibility index (Phi) is 2.75. The van der Waals surface area contributed by atoms with E-state index in [1.165, 1.54) is 25.6 Å². The van der Waals surface area contributed by atoms with Crippen LogP contribution in [0.4, 0.5) is 11.6 Å². The smallest absolute Gasteiger partial charge is 0.134 e. The molecule has 0 bridgehead atoms. The average molecular weight is 206 g/mol. The van der Waals surface area contributed by atoms with Gasteiger partial charge in [0.05, 0.1) is 0 Å². The standard InChI is InChI=1S/C11H18N4/c1-7-4-3-5-9(7)15-11-8(2)10(12)13-6-14-11/h6-7,9H,3-5H2,1-2H3,(H3,12,13,14,15). The maximum absolute atomic E-state index is 5.74. The van der Waals surface area contributed by atoms with Crippen molar-refractivity contribution in [3.05, 3.63) is 11.9 Å². The third kappa shape index (κ3) is 2.03. The molecule has 0 aliphatic heterocycles. The third-order valence-electron chi connectivity index (χ3n) is 3.31. The molecule has 0 aromatic carbocycles. The molecule has 1 aromatic heterocycles. The molecule has 1 heterocycles. The van der Waals surface area contributed by atoms with Crippen LogP contribution in [-0.4, -0.2) is 16.0 Å². The van der Waals surface area contributed by atoms with Crippen molar-refractivity contribution in [3.8, 4) is 0 Å². The summed E-state index contributed by atoms with van der Waals surface area (Å²) in [6.45, 7) is 4.24. The van der Waals surface area contributed by atoms with Gasteiger partial charge >= 0.3 is 0 Å². The maximum atomic E-state index is 5.74. The van der Waals surface area contributed by atoms with Crippen LogP contribution in [0.3, 0.4) is 0 Å². The van der Waals surface area contributed by atoms with E-state index in [1.807, 2.05) is 6.92 Å². The summed E-state index contributed by atoms with van der Waals surface area (Å²) in [5.74, 6) is 2.18. The lowest BCUT2D eigenvalue weighted by molar-refractivity contribution is 0.554. The SMILES string of the molecule is Cc1c(N)ncnc1NC1CCCC1C.